The zero-order valence-corrected chi connectivity index (χ0v) is 19.7. The van der Waals surface area contributed by atoms with Gasteiger partial charge in [-0.1, -0.05) is 30.3 Å². The Balaban J connectivity index is 1.12. The van der Waals surface area contributed by atoms with E-state index >= 15 is 0 Å². The first-order valence-corrected chi connectivity index (χ1v) is 11.9. The van der Waals surface area contributed by atoms with Crippen LogP contribution in [0.25, 0.3) is 0 Å². The lowest BCUT2D eigenvalue weighted by molar-refractivity contribution is 0.0999. The largest absolute Gasteiger partial charge is 0.491 e. The maximum atomic E-state index is 11.2. The maximum Gasteiger partial charge on any atom is 0.250 e. The molecule has 4 N–H and O–H groups in total. The fourth-order valence-corrected chi connectivity index (χ4v) is 3.96. The van der Waals surface area contributed by atoms with Gasteiger partial charge in [-0.15, -0.1) is 0 Å². The van der Waals surface area contributed by atoms with E-state index in [1.807, 2.05) is 60.7 Å². The zero-order valence-electron chi connectivity index (χ0n) is 19.7. The number of hydrogen-bond acceptors (Lipinski definition) is 7. The van der Waals surface area contributed by atoms with E-state index < -0.39 is 12.0 Å². The lowest BCUT2D eigenvalue weighted by Crippen LogP contribution is -2.45. The van der Waals surface area contributed by atoms with Crippen molar-refractivity contribution in [1.82, 2.24) is 10.3 Å². The molecule has 3 aromatic rings. The van der Waals surface area contributed by atoms with Crippen LogP contribution in [0.2, 0.25) is 0 Å². The molecule has 8 heteroatoms. The predicted octanol–water partition coefficient (Wildman–Crippen LogP) is 2.76. The topological polar surface area (TPSA) is 110 Å². The summed E-state index contributed by atoms with van der Waals surface area (Å²) in [5, 5.41) is 13.8. The van der Waals surface area contributed by atoms with E-state index in [2.05, 4.69) is 15.2 Å². The van der Waals surface area contributed by atoms with Crippen LogP contribution in [0.1, 0.15) is 28.8 Å². The lowest BCUT2D eigenvalue weighted by Gasteiger charge is -2.33. The fraction of sp³-hybridized carbons (Fsp3) is 0.333. The van der Waals surface area contributed by atoms with Gasteiger partial charge in [-0.25, -0.2) is 4.98 Å². The SMILES string of the molecule is NC(=O)c1ccc(N2CCC(NCC(O)COc3ccc(OCc4ccccc4)cc3)CC2)nc1. The minimum atomic E-state index is -0.606. The fourth-order valence-electron chi connectivity index (χ4n) is 3.96. The molecule has 1 amide bonds. The van der Waals surface area contributed by atoms with Gasteiger partial charge < -0.3 is 30.5 Å². The molecule has 1 saturated heterocycles. The first-order valence-electron chi connectivity index (χ1n) is 11.9. The number of piperidine rings is 1. The highest BCUT2D eigenvalue weighted by Gasteiger charge is 2.21. The van der Waals surface area contributed by atoms with E-state index in [1.54, 1.807) is 6.07 Å². The van der Waals surface area contributed by atoms with Crippen molar-refractivity contribution in [2.75, 3.05) is 31.1 Å². The van der Waals surface area contributed by atoms with Crippen molar-refractivity contribution in [3.05, 3.63) is 84.1 Å². The van der Waals surface area contributed by atoms with Crippen molar-refractivity contribution in [3.8, 4) is 11.5 Å². The predicted molar refractivity (Wildman–Crippen MR) is 135 cm³/mol. The minimum Gasteiger partial charge on any atom is -0.491 e. The van der Waals surface area contributed by atoms with Gasteiger partial charge in [0.15, 0.2) is 0 Å². The van der Waals surface area contributed by atoms with Gasteiger partial charge in [0.05, 0.1) is 5.56 Å². The van der Waals surface area contributed by atoms with Crippen LogP contribution in [0.4, 0.5) is 5.82 Å². The number of primary amides is 1. The van der Waals surface area contributed by atoms with Crippen LogP contribution in [-0.4, -0.2) is 54.4 Å². The van der Waals surface area contributed by atoms with Crippen molar-refractivity contribution < 1.29 is 19.4 Å². The van der Waals surface area contributed by atoms with Gasteiger partial charge >= 0.3 is 0 Å². The monoisotopic (exact) mass is 476 g/mol. The van der Waals surface area contributed by atoms with Crippen molar-refractivity contribution in [1.29, 1.82) is 0 Å². The standard InChI is InChI=1S/C27H32N4O4/c28-27(33)21-6-11-26(30-16-21)31-14-12-22(13-15-31)29-17-23(32)19-35-25-9-7-24(8-10-25)34-18-20-4-2-1-3-5-20/h1-11,16,22-23,29,32H,12-15,17-19H2,(H2,28,33). The molecule has 1 aliphatic rings. The van der Waals surface area contributed by atoms with E-state index in [-0.39, 0.29) is 6.61 Å². The Morgan fingerprint density at radius 1 is 1.03 bits per heavy atom. The summed E-state index contributed by atoms with van der Waals surface area (Å²) >= 11 is 0. The summed E-state index contributed by atoms with van der Waals surface area (Å²) in [5.41, 5.74) is 6.80. The highest BCUT2D eigenvalue weighted by atomic mass is 16.5. The third kappa shape index (κ3) is 7.43. The summed E-state index contributed by atoms with van der Waals surface area (Å²) in [5.74, 6) is 1.84. The number of carbonyl (C=O) groups is 1. The Hall–Kier alpha value is -3.62. The number of aliphatic hydroxyl groups excluding tert-OH is 1. The quantitative estimate of drug-likeness (QED) is 0.390. The molecule has 1 aromatic heterocycles. The van der Waals surface area contributed by atoms with E-state index in [1.165, 1.54) is 6.20 Å². The molecule has 2 aromatic carbocycles. The normalized spacial score (nSPS) is 14.9. The molecule has 1 atom stereocenters. The molecule has 0 spiro atoms. The number of aromatic nitrogens is 1. The number of nitrogens with two attached hydrogens (primary N) is 1. The molecule has 0 aliphatic carbocycles. The first kappa shape index (κ1) is 24.5. The number of aliphatic hydroxyl groups is 1. The smallest absolute Gasteiger partial charge is 0.250 e. The first-order chi connectivity index (χ1) is 17.1. The third-order valence-corrected chi connectivity index (χ3v) is 6.01. The number of carbonyl (C=O) groups excluding carboxylic acids is 1. The number of hydrogen-bond donors (Lipinski definition) is 3. The average Bonchev–Trinajstić information content (AvgIpc) is 2.91. The molecule has 1 unspecified atom stereocenters. The van der Waals surface area contributed by atoms with Gasteiger partial charge in [-0.2, -0.15) is 0 Å². The molecular formula is C27H32N4O4. The Kier molecular flexibility index (Phi) is 8.53. The van der Waals surface area contributed by atoms with Crippen LogP contribution >= 0.6 is 0 Å². The zero-order chi connectivity index (χ0) is 24.5. The molecule has 0 saturated carbocycles. The number of anilines is 1. The summed E-state index contributed by atoms with van der Waals surface area (Å²) in [7, 11) is 0. The summed E-state index contributed by atoms with van der Waals surface area (Å²) in [4.78, 5) is 17.7. The third-order valence-electron chi connectivity index (χ3n) is 6.01. The highest BCUT2D eigenvalue weighted by molar-refractivity contribution is 5.92. The molecule has 2 heterocycles. The average molecular weight is 477 g/mol. The maximum absolute atomic E-state index is 11.2. The second-order valence-corrected chi connectivity index (χ2v) is 8.65. The Morgan fingerprint density at radius 2 is 1.71 bits per heavy atom. The summed E-state index contributed by atoms with van der Waals surface area (Å²) in [6, 6.07) is 21.3. The van der Waals surface area contributed by atoms with Crippen molar-refractivity contribution in [2.45, 2.75) is 31.6 Å². The summed E-state index contributed by atoms with van der Waals surface area (Å²) < 4.78 is 11.5. The molecule has 1 aliphatic heterocycles. The molecule has 35 heavy (non-hydrogen) atoms. The van der Waals surface area contributed by atoms with Gasteiger partial charge in [0.1, 0.15) is 36.6 Å². The van der Waals surface area contributed by atoms with Gasteiger partial charge in [0.25, 0.3) is 0 Å². The van der Waals surface area contributed by atoms with Crippen molar-refractivity contribution in [2.24, 2.45) is 5.73 Å². The molecule has 0 radical (unpaired) electrons. The number of ether oxygens (including phenoxy) is 2. The molecular weight excluding hydrogens is 444 g/mol. The number of pyridine rings is 1. The number of amides is 1. The second-order valence-electron chi connectivity index (χ2n) is 8.65. The van der Waals surface area contributed by atoms with Gasteiger partial charge in [-0.3, -0.25) is 4.79 Å². The number of benzene rings is 2. The van der Waals surface area contributed by atoms with Crippen LogP contribution < -0.4 is 25.4 Å². The number of nitrogens with one attached hydrogen (secondary N) is 1. The second kappa shape index (κ2) is 12.2. The van der Waals surface area contributed by atoms with Crippen molar-refractivity contribution >= 4 is 11.7 Å². The Morgan fingerprint density at radius 3 is 2.34 bits per heavy atom. The summed E-state index contributed by atoms with van der Waals surface area (Å²) in [6.45, 7) is 2.90. The number of rotatable bonds is 11. The van der Waals surface area contributed by atoms with Gasteiger partial charge in [0.2, 0.25) is 5.91 Å². The molecule has 184 valence electrons. The lowest BCUT2D eigenvalue weighted by atomic mass is 10.0. The van der Waals surface area contributed by atoms with Gasteiger partial charge in [0, 0.05) is 31.9 Å². The molecule has 1 fully saturated rings. The van der Waals surface area contributed by atoms with Crippen LogP contribution in [0.5, 0.6) is 11.5 Å². The molecule has 0 bridgehead atoms. The molecule has 4 rings (SSSR count). The van der Waals surface area contributed by atoms with E-state index in [0.717, 1.165) is 43.1 Å². The highest BCUT2D eigenvalue weighted by Crippen LogP contribution is 2.20. The van der Waals surface area contributed by atoms with Crippen LogP contribution in [-0.2, 0) is 6.61 Å². The van der Waals surface area contributed by atoms with Crippen molar-refractivity contribution in [3.63, 3.8) is 0 Å². The van der Waals surface area contributed by atoms with Crippen LogP contribution in [0.3, 0.4) is 0 Å². The van der Waals surface area contributed by atoms with Gasteiger partial charge in [-0.05, 0) is 54.8 Å². The molecule has 8 nitrogen and oxygen atoms in total. The van der Waals surface area contributed by atoms with E-state index in [4.69, 9.17) is 15.2 Å². The Labute approximate surface area is 205 Å². The summed E-state index contributed by atoms with van der Waals surface area (Å²) in [6.07, 6.45) is 2.79. The number of nitrogens with zero attached hydrogens (tertiary/aromatic N) is 2. The van der Waals surface area contributed by atoms with E-state index in [0.29, 0.717) is 30.5 Å². The van der Waals surface area contributed by atoms with E-state index in [9.17, 15) is 9.90 Å². The van der Waals surface area contributed by atoms with Crippen LogP contribution in [0, 0.1) is 0 Å². The Bertz CT molecular complexity index is 1050. The van der Waals surface area contributed by atoms with Crippen LogP contribution in [0.15, 0.2) is 72.9 Å². The minimum absolute atomic E-state index is 0.214.